The summed E-state index contributed by atoms with van der Waals surface area (Å²) in [7, 11) is 3.41. The molecule has 0 amide bonds. The SMILES string of the molecule is CN(c1nnc(-c2ccc(-c3ncn(C)c(=O)n3)cc2O)s1)[C@@H]1[C@H]2CN[C@](C)(C2)[C@@H]1F. The molecular formula is C20H22FN7O2S. The van der Waals surface area contributed by atoms with Gasteiger partial charge in [-0.1, -0.05) is 17.4 Å². The highest BCUT2D eigenvalue weighted by molar-refractivity contribution is 7.18. The highest BCUT2D eigenvalue weighted by atomic mass is 32.1. The zero-order valence-corrected chi connectivity index (χ0v) is 18.1. The molecule has 2 aliphatic rings. The van der Waals surface area contributed by atoms with Gasteiger partial charge in [-0.25, -0.2) is 14.2 Å². The number of phenols is 1. The third-order valence-corrected chi connectivity index (χ3v) is 7.40. The highest BCUT2D eigenvalue weighted by Crippen LogP contribution is 2.46. The summed E-state index contributed by atoms with van der Waals surface area (Å²) in [6.45, 7) is 2.73. The van der Waals surface area contributed by atoms with E-state index in [4.69, 9.17) is 0 Å². The van der Waals surface area contributed by atoms with Crippen LogP contribution in [0.25, 0.3) is 22.0 Å². The van der Waals surface area contributed by atoms with E-state index in [2.05, 4.69) is 25.5 Å². The number of phenolic OH excluding ortho intramolecular Hbond substituents is 1. The molecule has 9 nitrogen and oxygen atoms in total. The number of nitrogens with zero attached hydrogens (tertiary/aromatic N) is 6. The summed E-state index contributed by atoms with van der Waals surface area (Å²) in [6, 6.07) is 4.65. The van der Waals surface area contributed by atoms with Gasteiger partial charge in [0.05, 0.1) is 11.6 Å². The van der Waals surface area contributed by atoms with Gasteiger partial charge in [-0.3, -0.25) is 4.57 Å². The standard InChI is InChI=1S/C20H22FN7O2S/c1-20-7-11(8-23-20)14(15(20)21)28(3)19-26-25-17(31-19)12-5-4-10(6-13(12)29)16-22-9-27(2)18(30)24-16/h4-6,9,11,14-15,23,29H,7-8H2,1-3H3/t11-,14-,15-,20-/m1/s1. The lowest BCUT2D eigenvalue weighted by molar-refractivity contribution is 0.164. The Labute approximate surface area is 181 Å². The molecular weight excluding hydrogens is 421 g/mol. The predicted molar refractivity (Wildman–Crippen MR) is 115 cm³/mol. The van der Waals surface area contributed by atoms with Crippen LogP contribution in [0.5, 0.6) is 5.75 Å². The van der Waals surface area contributed by atoms with Gasteiger partial charge < -0.3 is 15.3 Å². The third kappa shape index (κ3) is 3.19. The molecule has 2 fully saturated rings. The van der Waals surface area contributed by atoms with E-state index < -0.39 is 17.4 Å². The van der Waals surface area contributed by atoms with Gasteiger partial charge >= 0.3 is 5.69 Å². The van der Waals surface area contributed by atoms with Crippen molar-refractivity contribution in [2.24, 2.45) is 13.0 Å². The molecule has 162 valence electrons. The van der Waals surface area contributed by atoms with E-state index in [0.717, 1.165) is 13.0 Å². The molecule has 0 radical (unpaired) electrons. The van der Waals surface area contributed by atoms with Crippen molar-refractivity contribution in [2.75, 3.05) is 18.5 Å². The second-order valence-corrected chi connectivity index (χ2v) is 9.42. The Morgan fingerprint density at radius 2 is 2.19 bits per heavy atom. The number of alkyl halides is 1. The molecule has 11 heteroatoms. The van der Waals surface area contributed by atoms with Crippen LogP contribution in [0.15, 0.2) is 29.3 Å². The first-order valence-electron chi connectivity index (χ1n) is 9.96. The lowest BCUT2D eigenvalue weighted by Gasteiger charge is -2.37. The van der Waals surface area contributed by atoms with Crippen LogP contribution in [0.2, 0.25) is 0 Å². The summed E-state index contributed by atoms with van der Waals surface area (Å²) < 4.78 is 16.3. The van der Waals surface area contributed by atoms with Crippen LogP contribution in [0.3, 0.4) is 0 Å². The van der Waals surface area contributed by atoms with E-state index >= 15 is 4.39 Å². The average molecular weight is 444 g/mol. The maximum absolute atomic E-state index is 15.0. The minimum atomic E-state index is -0.991. The van der Waals surface area contributed by atoms with Crippen molar-refractivity contribution < 1.29 is 9.50 Å². The number of halogens is 1. The van der Waals surface area contributed by atoms with Crippen LogP contribution in [-0.4, -0.2) is 61.2 Å². The molecule has 1 saturated heterocycles. The Bertz CT molecular complexity index is 1210. The van der Waals surface area contributed by atoms with Gasteiger partial charge in [-0.2, -0.15) is 4.98 Å². The molecule has 0 spiro atoms. The average Bonchev–Trinajstić information content (AvgIpc) is 3.43. The van der Waals surface area contributed by atoms with E-state index in [1.54, 1.807) is 19.2 Å². The quantitative estimate of drug-likeness (QED) is 0.626. The molecule has 31 heavy (non-hydrogen) atoms. The molecule has 1 saturated carbocycles. The van der Waals surface area contributed by atoms with Crippen LogP contribution in [0.4, 0.5) is 9.52 Å². The molecule has 1 aliphatic carbocycles. The second-order valence-electron chi connectivity index (χ2n) is 8.46. The number of aromatic hydroxyl groups is 1. The Kier molecular flexibility index (Phi) is 4.56. The summed E-state index contributed by atoms with van der Waals surface area (Å²) in [6.07, 6.45) is 1.20. The summed E-state index contributed by atoms with van der Waals surface area (Å²) >= 11 is 1.30. The van der Waals surface area contributed by atoms with E-state index in [9.17, 15) is 9.90 Å². The monoisotopic (exact) mass is 443 g/mol. The van der Waals surface area contributed by atoms with E-state index in [0.29, 0.717) is 21.3 Å². The Morgan fingerprint density at radius 1 is 1.39 bits per heavy atom. The van der Waals surface area contributed by atoms with Crippen molar-refractivity contribution in [3.05, 3.63) is 35.0 Å². The van der Waals surface area contributed by atoms with Crippen LogP contribution in [-0.2, 0) is 7.05 Å². The minimum absolute atomic E-state index is 0.0212. The first-order valence-corrected chi connectivity index (χ1v) is 10.8. The first kappa shape index (κ1) is 20.0. The van der Waals surface area contributed by atoms with E-state index in [-0.39, 0.29) is 23.5 Å². The summed E-state index contributed by atoms with van der Waals surface area (Å²) in [4.78, 5) is 21.7. The number of hydrogen-bond donors (Lipinski definition) is 2. The zero-order chi connectivity index (χ0) is 21.9. The van der Waals surface area contributed by atoms with E-state index in [1.807, 2.05) is 18.9 Å². The minimum Gasteiger partial charge on any atom is -0.507 e. The lowest BCUT2D eigenvalue weighted by atomic mass is 9.97. The first-order chi connectivity index (χ1) is 14.8. The van der Waals surface area contributed by atoms with Gasteiger partial charge in [0.2, 0.25) is 5.13 Å². The number of piperidine rings is 1. The molecule has 5 rings (SSSR count). The summed E-state index contributed by atoms with van der Waals surface area (Å²) in [5.74, 6) is 0.436. The molecule has 1 aromatic carbocycles. The summed E-state index contributed by atoms with van der Waals surface area (Å²) in [5.41, 5.74) is 0.110. The van der Waals surface area contributed by atoms with Crippen LogP contribution >= 0.6 is 11.3 Å². The van der Waals surface area contributed by atoms with Crippen molar-refractivity contribution in [1.29, 1.82) is 0 Å². The van der Waals surface area contributed by atoms with Gasteiger partial charge in [-0.05, 0) is 31.4 Å². The zero-order valence-electron chi connectivity index (χ0n) is 17.3. The van der Waals surface area contributed by atoms with Gasteiger partial charge in [-0.15, -0.1) is 10.2 Å². The van der Waals surface area contributed by atoms with Crippen LogP contribution in [0, 0.1) is 5.92 Å². The van der Waals surface area contributed by atoms with Crippen LogP contribution in [0.1, 0.15) is 13.3 Å². The number of nitrogens with one attached hydrogen (secondary N) is 1. The number of rotatable bonds is 4. The van der Waals surface area contributed by atoms with Gasteiger partial charge in [0.15, 0.2) is 10.8 Å². The fourth-order valence-electron chi connectivity index (χ4n) is 4.61. The van der Waals surface area contributed by atoms with Crippen molar-refractivity contribution in [1.82, 2.24) is 30.0 Å². The smallest absolute Gasteiger partial charge is 0.350 e. The molecule has 1 aliphatic heterocycles. The highest BCUT2D eigenvalue weighted by Gasteiger charge is 2.57. The number of benzene rings is 1. The molecule has 2 N–H and O–H groups in total. The van der Waals surface area contributed by atoms with Gasteiger partial charge in [0.25, 0.3) is 0 Å². The maximum atomic E-state index is 15.0. The molecule has 2 bridgehead atoms. The van der Waals surface area contributed by atoms with Gasteiger partial charge in [0, 0.05) is 31.7 Å². The number of anilines is 1. The largest absolute Gasteiger partial charge is 0.507 e. The Balaban J connectivity index is 1.41. The van der Waals surface area contributed by atoms with Crippen LogP contribution < -0.4 is 15.9 Å². The molecule has 4 atom stereocenters. The second kappa shape index (κ2) is 7.06. The van der Waals surface area contributed by atoms with Gasteiger partial charge in [0.1, 0.15) is 18.2 Å². The topological polar surface area (TPSA) is 109 Å². The molecule has 0 unspecified atom stereocenters. The molecule has 2 aromatic heterocycles. The van der Waals surface area contributed by atoms with Crippen molar-refractivity contribution >= 4 is 16.5 Å². The fourth-order valence-corrected chi connectivity index (χ4v) is 5.49. The van der Waals surface area contributed by atoms with Crippen molar-refractivity contribution in [3.8, 4) is 27.7 Å². The predicted octanol–water partition coefficient (Wildman–Crippen LogP) is 1.59. The Morgan fingerprint density at radius 3 is 2.87 bits per heavy atom. The normalized spacial score (nSPS) is 27.0. The number of hydrogen-bond acceptors (Lipinski definition) is 9. The van der Waals surface area contributed by atoms with Crippen molar-refractivity contribution in [3.63, 3.8) is 0 Å². The van der Waals surface area contributed by atoms with Crippen molar-refractivity contribution in [2.45, 2.75) is 31.1 Å². The maximum Gasteiger partial charge on any atom is 0.350 e. The third-order valence-electron chi connectivity index (χ3n) is 6.35. The fraction of sp³-hybridized carbons (Fsp3) is 0.450. The number of aromatic nitrogens is 5. The molecule has 3 aromatic rings. The van der Waals surface area contributed by atoms with E-state index in [1.165, 1.54) is 28.3 Å². The number of fused-ring (bicyclic) bond motifs is 2. The molecule has 3 heterocycles. The summed E-state index contributed by atoms with van der Waals surface area (Å²) in [5, 5.41) is 23.5. The lowest BCUT2D eigenvalue weighted by Crippen LogP contribution is -2.56. The number of aryl methyl sites for hydroxylation is 1. The Hall–Kier alpha value is -2.92.